The lowest BCUT2D eigenvalue weighted by atomic mass is 10.1. The van der Waals surface area contributed by atoms with E-state index in [1.54, 1.807) is 27.7 Å². The van der Waals surface area contributed by atoms with Gasteiger partial charge in [0.15, 0.2) is 5.78 Å². The second-order valence-electron chi connectivity index (χ2n) is 3.86. The second-order valence-corrected chi connectivity index (χ2v) is 3.86. The zero-order chi connectivity index (χ0) is 12.5. The van der Waals surface area contributed by atoms with Gasteiger partial charge in [-0.2, -0.15) is 0 Å². The van der Waals surface area contributed by atoms with Crippen molar-refractivity contribution in [1.29, 1.82) is 0 Å². The third-order valence-electron chi connectivity index (χ3n) is 2.87. The summed E-state index contributed by atoms with van der Waals surface area (Å²) < 4.78 is 1.11. The first-order chi connectivity index (χ1) is 7.40. The molecule has 0 bridgehead atoms. The SMILES string of the molecule is CCC(=O)C(C)n1[nH]c(=O)c(C)c(C)c1=O. The van der Waals surface area contributed by atoms with Crippen LogP contribution in [0.2, 0.25) is 0 Å². The van der Waals surface area contributed by atoms with Crippen LogP contribution in [0.25, 0.3) is 0 Å². The minimum atomic E-state index is -0.621. The maximum absolute atomic E-state index is 11.8. The van der Waals surface area contributed by atoms with Gasteiger partial charge >= 0.3 is 0 Å². The van der Waals surface area contributed by atoms with Crippen molar-refractivity contribution in [2.75, 3.05) is 0 Å². The van der Waals surface area contributed by atoms with Gasteiger partial charge in [0.1, 0.15) is 6.04 Å². The molecule has 88 valence electrons. The number of aromatic amines is 1. The Morgan fingerprint density at radius 3 is 2.38 bits per heavy atom. The Morgan fingerprint density at radius 2 is 1.88 bits per heavy atom. The highest BCUT2D eigenvalue weighted by Gasteiger charge is 2.17. The number of aromatic nitrogens is 2. The van der Waals surface area contributed by atoms with Gasteiger partial charge < -0.3 is 0 Å². The van der Waals surface area contributed by atoms with Crippen LogP contribution in [0.1, 0.15) is 37.4 Å². The summed E-state index contributed by atoms with van der Waals surface area (Å²) in [7, 11) is 0. The van der Waals surface area contributed by atoms with Crippen LogP contribution in [0, 0.1) is 13.8 Å². The molecular formula is C11H16N2O3. The number of hydrogen-bond acceptors (Lipinski definition) is 3. The van der Waals surface area contributed by atoms with Crippen LogP contribution in [-0.4, -0.2) is 15.6 Å². The number of nitrogens with one attached hydrogen (secondary N) is 1. The van der Waals surface area contributed by atoms with Crippen molar-refractivity contribution in [2.24, 2.45) is 0 Å². The summed E-state index contributed by atoms with van der Waals surface area (Å²) in [4.78, 5) is 34.8. The third-order valence-corrected chi connectivity index (χ3v) is 2.87. The summed E-state index contributed by atoms with van der Waals surface area (Å²) in [5, 5.41) is 2.43. The van der Waals surface area contributed by atoms with E-state index in [1.807, 2.05) is 0 Å². The summed E-state index contributed by atoms with van der Waals surface area (Å²) in [6.07, 6.45) is 0.336. The number of H-pyrrole nitrogens is 1. The highest BCUT2D eigenvalue weighted by molar-refractivity contribution is 5.81. The van der Waals surface area contributed by atoms with E-state index in [2.05, 4.69) is 5.10 Å². The zero-order valence-corrected chi connectivity index (χ0v) is 9.96. The molecule has 5 nitrogen and oxygen atoms in total. The van der Waals surface area contributed by atoms with Gasteiger partial charge in [-0.1, -0.05) is 6.92 Å². The lowest BCUT2D eigenvalue weighted by molar-refractivity contribution is -0.121. The molecule has 0 saturated heterocycles. The fourth-order valence-electron chi connectivity index (χ4n) is 1.47. The number of carbonyl (C=O) groups is 1. The van der Waals surface area contributed by atoms with Gasteiger partial charge in [0.2, 0.25) is 0 Å². The Balaban J connectivity index is 3.43. The Kier molecular flexibility index (Phi) is 3.47. The molecule has 0 fully saturated rings. The lowest BCUT2D eigenvalue weighted by Gasteiger charge is -2.13. The second kappa shape index (κ2) is 4.47. The van der Waals surface area contributed by atoms with Crippen molar-refractivity contribution < 1.29 is 4.79 Å². The maximum Gasteiger partial charge on any atom is 0.269 e. The molecule has 0 aliphatic rings. The maximum atomic E-state index is 11.8. The lowest BCUT2D eigenvalue weighted by Crippen LogP contribution is -2.37. The quantitative estimate of drug-likeness (QED) is 0.821. The molecule has 1 unspecified atom stereocenters. The van der Waals surface area contributed by atoms with Crippen LogP contribution in [0.15, 0.2) is 9.59 Å². The number of nitrogens with zero attached hydrogens (tertiary/aromatic N) is 1. The van der Waals surface area contributed by atoms with E-state index in [1.165, 1.54) is 0 Å². The van der Waals surface area contributed by atoms with Crippen molar-refractivity contribution in [2.45, 2.75) is 40.2 Å². The Labute approximate surface area is 93.1 Å². The van der Waals surface area contributed by atoms with Crippen LogP contribution >= 0.6 is 0 Å². The van der Waals surface area contributed by atoms with Crippen molar-refractivity contribution in [3.63, 3.8) is 0 Å². The number of hydrogen-bond donors (Lipinski definition) is 1. The van der Waals surface area contributed by atoms with Crippen LogP contribution in [-0.2, 0) is 4.79 Å². The number of rotatable bonds is 3. The third kappa shape index (κ3) is 1.98. The van der Waals surface area contributed by atoms with Gasteiger partial charge in [-0.25, -0.2) is 4.68 Å². The van der Waals surface area contributed by atoms with Crippen molar-refractivity contribution in [3.05, 3.63) is 31.8 Å². The summed E-state index contributed by atoms with van der Waals surface area (Å²) in [6.45, 7) is 6.51. The van der Waals surface area contributed by atoms with E-state index in [9.17, 15) is 14.4 Å². The van der Waals surface area contributed by atoms with Crippen LogP contribution in [0.3, 0.4) is 0 Å². The molecule has 1 atom stereocenters. The number of Topliss-reactive ketones (excluding diaryl/α,β-unsaturated/α-hetero) is 1. The molecule has 0 aromatic carbocycles. The molecule has 0 amide bonds. The smallest absolute Gasteiger partial charge is 0.269 e. The average Bonchev–Trinajstić information content (AvgIpc) is 2.29. The van der Waals surface area contributed by atoms with Gasteiger partial charge in [0.25, 0.3) is 11.1 Å². The molecule has 0 saturated carbocycles. The standard InChI is InChI=1S/C11H16N2O3/c1-5-9(14)8(4)13-11(16)7(3)6(2)10(15)12-13/h8H,5H2,1-4H3,(H,12,15). The minimum Gasteiger partial charge on any atom is -0.297 e. The van der Waals surface area contributed by atoms with Crippen LogP contribution in [0.5, 0.6) is 0 Å². The Bertz CT molecular complexity index is 525. The zero-order valence-electron chi connectivity index (χ0n) is 9.96. The Morgan fingerprint density at radius 1 is 1.31 bits per heavy atom. The van der Waals surface area contributed by atoms with Crippen molar-refractivity contribution in [3.8, 4) is 0 Å². The van der Waals surface area contributed by atoms with Gasteiger partial charge in [-0.05, 0) is 20.8 Å². The van der Waals surface area contributed by atoms with Gasteiger partial charge in [-0.15, -0.1) is 0 Å². The summed E-state index contributed by atoms with van der Waals surface area (Å²) in [6, 6.07) is -0.621. The predicted octanol–water partition coefficient (Wildman–Crippen LogP) is 0.694. The fourth-order valence-corrected chi connectivity index (χ4v) is 1.47. The molecule has 1 N–H and O–H groups in total. The number of ketones is 1. The van der Waals surface area contributed by atoms with Gasteiger partial charge in [0, 0.05) is 17.5 Å². The van der Waals surface area contributed by atoms with E-state index in [0.717, 1.165) is 4.68 Å². The average molecular weight is 224 g/mol. The summed E-state index contributed by atoms with van der Waals surface area (Å²) >= 11 is 0. The monoisotopic (exact) mass is 224 g/mol. The molecule has 0 aliphatic heterocycles. The van der Waals surface area contributed by atoms with Crippen LogP contribution in [0.4, 0.5) is 0 Å². The summed E-state index contributed by atoms with van der Waals surface area (Å²) in [5.41, 5.74) is 0.149. The van der Waals surface area contributed by atoms with E-state index < -0.39 is 6.04 Å². The van der Waals surface area contributed by atoms with Crippen LogP contribution < -0.4 is 11.1 Å². The number of carbonyl (C=O) groups excluding carboxylic acids is 1. The fraction of sp³-hybridized carbons (Fsp3) is 0.545. The molecular weight excluding hydrogens is 208 g/mol. The topological polar surface area (TPSA) is 71.9 Å². The van der Waals surface area contributed by atoms with Crippen molar-refractivity contribution >= 4 is 5.78 Å². The van der Waals surface area contributed by atoms with E-state index in [-0.39, 0.29) is 16.9 Å². The molecule has 16 heavy (non-hydrogen) atoms. The Hall–Kier alpha value is -1.65. The van der Waals surface area contributed by atoms with E-state index in [4.69, 9.17) is 0 Å². The molecule has 0 spiro atoms. The highest BCUT2D eigenvalue weighted by atomic mass is 16.2. The van der Waals surface area contributed by atoms with Gasteiger partial charge in [0.05, 0.1) is 0 Å². The first-order valence-electron chi connectivity index (χ1n) is 5.24. The summed E-state index contributed by atoms with van der Waals surface area (Å²) in [5.74, 6) is -0.0824. The van der Waals surface area contributed by atoms with E-state index in [0.29, 0.717) is 17.5 Å². The first-order valence-corrected chi connectivity index (χ1v) is 5.24. The minimum absolute atomic E-state index is 0.0824. The van der Waals surface area contributed by atoms with Gasteiger partial charge in [-0.3, -0.25) is 19.5 Å². The molecule has 0 radical (unpaired) electrons. The molecule has 1 rings (SSSR count). The van der Waals surface area contributed by atoms with Crippen molar-refractivity contribution in [1.82, 2.24) is 9.78 Å². The molecule has 1 heterocycles. The first kappa shape index (κ1) is 12.4. The normalized spacial score (nSPS) is 12.5. The van der Waals surface area contributed by atoms with E-state index >= 15 is 0 Å². The molecule has 0 aliphatic carbocycles. The predicted molar refractivity (Wildman–Crippen MR) is 60.8 cm³/mol. The largest absolute Gasteiger partial charge is 0.297 e. The molecule has 1 aromatic rings. The molecule has 5 heteroatoms. The highest BCUT2D eigenvalue weighted by Crippen LogP contribution is 2.04. The molecule has 1 aromatic heterocycles.